The van der Waals surface area contributed by atoms with Crippen molar-refractivity contribution < 1.29 is 4.92 Å². The van der Waals surface area contributed by atoms with Gasteiger partial charge in [-0.25, -0.2) is 0 Å². The van der Waals surface area contributed by atoms with Gasteiger partial charge in [-0.05, 0) is 25.0 Å². The molecule has 1 aromatic carbocycles. The Balaban J connectivity index is 1.99. The summed E-state index contributed by atoms with van der Waals surface area (Å²) in [6.45, 7) is 4.86. The van der Waals surface area contributed by atoms with Crippen molar-refractivity contribution in [2.75, 3.05) is 0 Å². The molecule has 1 unspecified atom stereocenters. The Morgan fingerprint density at radius 2 is 1.95 bits per heavy atom. The molecule has 1 N–H and O–H groups in total. The summed E-state index contributed by atoms with van der Waals surface area (Å²) in [6, 6.07) is 12.1. The highest BCUT2D eigenvalue weighted by Crippen LogP contribution is 2.25. The molecule has 0 bridgehead atoms. The van der Waals surface area contributed by atoms with Crippen LogP contribution in [0.3, 0.4) is 0 Å². The van der Waals surface area contributed by atoms with Gasteiger partial charge in [-0.3, -0.25) is 10.1 Å². The van der Waals surface area contributed by atoms with Gasteiger partial charge in [0.2, 0.25) is 0 Å². The predicted octanol–water partition coefficient (Wildman–Crippen LogP) is 4.21. The Kier molecular flexibility index (Phi) is 4.87. The molecular weight excluding hydrogens is 272 g/mol. The summed E-state index contributed by atoms with van der Waals surface area (Å²) in [4.78, 5) is 11.3. The molecule has 5 heteroatoms. The Labute approximate surface area is 122 Å². The third kappa shape index (κ3) is 3.65. The zero-order valence-electron chi connectivity index (χ0n) is 11.6. The molecule has 0 amide bonds. The second-order valence-corrected chi connectivity index (χ2v) is 5.90. The van der Waals surface area contributed by atoms with Crippen molar-refractivity contribution in [2.24, 2.45) is 0 Å². The summed E-state index contributed by atoms with van der Waals surface area (Å²) in [5.74, 6) is 0. The van der Waals surface area contributed by atoms with E-state index in [0.29, 0.717) is 6.54 Å². The van der Waals surface area contributed by atoms with E-state index in [-0.39, 0.29) is 16.0 Å². The number of nitrogens with one attached hydrogen (secondary N) is 1. The van der Waals surface area contributed by atoms with Crippen LogP contribution in [0.1, 0.15) is 35.4 Å². The topological polar surface area (TPSA) is 55.2 Å². The highest BCUT2D eigenvalue weighted by atomic mass is 32.1. The minimum Gasteiger partial charge on any atom is -0.305 e. The fraction of sp³-hybridized carbons (Fsp3) is 0.333. The first-order valence-electron chi connectivity index (χ1n) is 6.63. The number of hydrogen-bond donors (Lipinski definition) is 1. The standard InChI is InChI=1S/C15H18N2O2S/c1-3-14(12-6-4-11(2)5-7-12)16-10-13-8-9-15(20-13)17(18)19/h4-9,14,16H,3,10H2,1-2H3. The van der Waals surface area contributed by atoms with Crippen molar-refractivity contribution in [1.29, 1.82) is 0 Å². The molecule has 0 aliphatic heterocycles. The van der Waals surface area contributed by atoms with Crippen molar-refractivity contribution in [2.45, 2.75) is 32.9 Å². The van der Waals surface area contributed by atoms with Gasteiger partial charge in [0.05, 0.1) is 4.92 Å². The summed E-state index contributed by atoms with van der Waals surface area (Å²) in [5, 5.41) is 14.3. The van der Waals surface area contributed by atoms with Gasteiger partial charge in [-0.15, -0.1) is 0 Å². The van der Waals surface area contributed by atoms with Crippen LogP contribution in [0.15, 0.2) is 36.4 Å². The summed E-state index contributed by atoms with van der Waals surface area (Å²) >= 11 is 1.23. The van der Waals surface area contributed by atoms with Crippen LogP contribution in [0.2, 0.25) is 0 Å². The lowest BCUT2D eigenvalue weighted by Crippen LogP contribution is -2.19. The van der Waals surface area contributed by atoms with Crippen LogP contribution in [-0.4, -0.2) is 4.92 Å². The molecule has 2 rings (SSSR count). The minimum atomic E-state index is -0.342. The van der Waals surface area contributed by atoms with Gasteiger partial charge >= 0.3 is 5.00 Å². The monoisotopic (exact) mass is 290 g/mol. The highest BCUT2D eigenvalue weighted by molar-refractivity contribution is 7.15. The molecule has 0 fully saturated rings. The van der Waals surface area contributed by atoms with E-state index < -0.39 is 0 Å². The number of hydrogen-bond acceptors (Lipinski definition) is 4. The van der Waals surface area contributed by atoms with Gasteiger partial charge in [-0.1, -0.05) is 48.1 Å². The van der Waals surface area contributed by atoms with Crippen LogP contribution < -0.4 is 5.32 Å². The largest absolute Gasteiger partial charge is 0.324 e. The predicted molar refractivity (Wildman–Crippen MR) is 82.0 cm³/mol. The van der Waals surface area contributed by atoms with Crippen LogP contribution in [0.5, 0.6) is 0 Å². The quantitative estimate of drug-likeness (QED) is 0.640. The van der Waals surface area contributed by atoms with E-state index in [1.165, 1.54) is 22.5 Å². The number of thiophene rings is 1. The molecule has 0 saturated carbocycles. The Bertz CT molecular complexity index is 578. The van der Waals surface area contributed by atoms with Crippen molar-refractivity contribution in [3.8, 4) is 0 Å². The lowest BCUT2D eigenvalue weighted by molar-refractivity contribution is -0.380. The Hall–Kier alpha value is -1.72. The molecular formula is C15H18N2O2S. The second kappa shape index (κ2) is 6.63. The van der Waals surface area contributed by atoms with Gasteiger partial charge in [0.15, 0.2) is 0 Å². The smallest absolute Gasteiger partial charge is 0.305 e. The van der Waals surface area contributed by atoms with Crippen LogP contribution in [0.4, 0.5) is 5.00 Å². The van der Waals surface area contributed by atoms with Crippen LogP contribution >= 0.6 is 11.3 Å². The van der Waals surface area contributed by atoms with E-state index in [9.17, 15) is 10.1 Å². The van der Waals surface area contributed by atoms with Gasteiger partial charge in [0.1, 0.15) is 0 Å². The van der Waals surface area contributed by atoms with Crippen LogP contribution in [0.25, 0.3) is 0 Å². The Morgan fingerprint density at radius 1 is 1.25 bits per heavy atom. The fourth-order valence-corrected chi connectivity index (χ4v) is 2.85. The molecule has 2 aromatic rings. The van der Waals surface area contributed by atoms with Crippen molar-refractivity contribution in [3.63, 3.8) is 0 Å². The number of rotatable bonds is 6. The lowest BCUT2D eigenvalue weighted by Gasteiger charge is -2.17. The fourth-order valence-electron chi connectivity index (χ4n) is 2.08. The minimum absolute atomic E-state index is 0.199. The van der Waals surface area contributed by atoms with Crippen molar-refractivity contribution in [1.82, 2.24) is 5.32 Å². The van der Waals surface area contributed by atoms with Gasteiger partial charge in [0.25, 0.3) is 0 Å². The van der Waals surface area contributed by atoms with Gasteiger partial charge in [-0.2, -0.15) is 0 Å². The average Bonchev–Trinajstić information content (AvgIpc) is 2.90. The molecule has 1 aromatic heterocycles. The SMILES string of the molecule is CCC(NCc1ccc([N+](=O)[O-])s1)c1ccc(C)cc1. The van der Waals surface area contributed by atoms with E-state index >= 15 is 0 Å². The average molecular weight is 290 g/mol. The van der Waals surface area contributed by atoms with E-state index in [1.54, 1.807) is 6.07 Å². The van der Waals surface area contributed by atoms with Crippen molar-refractivity contribution in [3.05, 3.63) is 62.5 Å². The maximum atomic E-state index is 10.7. The first kappa shape index (κ1) is 14.7. The zero-order valence-corrected chi connectivity index (χ0v) is 12.4. The maximum absolute atomic E-state index is 10.7. The number of nitrogens with zero attached hydrogens (tertiary/aromatic N) is 1. The molecule has 1 heterocycles. The molecule has 1 atom stereocenters. The molecule has 4 nitrogen and oxygen atoms in total. The molecule has 20 heavy (non-hydrogen) atoms. The van der Waals surface area contributed by atoms with E-state index in [2.05, 4.69) is 43.4 Å². The third-order valence-electron chi connectivity index (χ3n) is 3.24. The zero-order chi connectivity index (χ0) is 14.5. The lowest BCUT2D eigenvalue weighted by atomic mass is 10.0. The highest BCUT2D eigenvalue weighted by Gasteiger charge is 2.12. The van der Waals surface area contributed by atoms with Gasteiger partial charge in [0, 0.05) is 23.5 Å². The molecule has 0 aliphatic rings. The molecule has 0 aliphatic carbocycles. The van der Waals surface area contributed by atoms with E-state index in [1.807, 2.05) is 6.07 Å². The number of benzene rings is 1. The molecule has 0 saturated heterocycles. The number of aryl methyl sites for hydroxylation is 1. The molecule has 0 spiro atoms. The summed E-state index contributed by atoms with van der Waals surface area (Å²) in [7, 11) is 0. The molecule has 106 valence electrons. The Morgan fingerprint density at radius 3 is 2.50 bits per heavy atom. The van der Waals surface area contributed by atoms with Gasteiger partial charge < -0.3 is 5.32 Å². The summed E-state index contributed by atoms with van der Waals surface area (Å²) in [5.41, 5.74) is 2.50. The molecule has 0 radical (unpaired) electrons. The first-order valence-corrected chi connectivity index (χ1v) is 7.45. The normalized spacial score (nSPS) is 12.3. The van der Waals surface area contributed by atoms with Crippen LogP contribution in [0, 0.1) is 17.0 Å². The van der Waals surface area contributed by atoms with E-state index in [0.717, 1.165) is 11.3 Å². The van der Waals surface area contributed by atoms with Crippen LogP contribution in [-0.2, 0) is 6.54 Å². The summed E-state index contributed by atoms with van der Waals surface area (Å²) in [6.07, 6.45) is 0.983. The third-order valence-corrected chi connectivity index (χ3v) is 4.27. The first-order chi connectivity index (χ1) is 9.60. The van der Waals surface area contributed by atoms with Crippen molar-refractivity contribution >= 4 is 16.3 Å². The maximum Gasteiger partial charge on any atom is 0.324 e. The van der Waals surface area contributed by atoms with E-state index in [4.69, 9.17) is 0 Å². The summed E-state index contributed by atoms with van der Waals surface area (Å²) < 4.78 is 0. The number of nitro groups is 1. The second-order valence-electron chi connectivity index (χ2n) is 4.75.